The topological polar surface area (TPSA) is 107 Å². The predicted octanol–water partition coefficient (Wildman–Crippen LogP) is 0.468. The summed E-state index contributed by atoms with van der Waals surface area (Å²) in [5.41, 5.74) is -0.316. The molecule has 0 saturated carbocycles. The minimum absolute atomic E-state index is 0.262. The molecule has 0 spiro atoms. The van der Waals surface area contributed by atoms with Gasteiger partial charge >= 0.3 is 5.82 Å². The van der Waals surface area contributed by atoms with Gasteiger partial charge in [0.2, 0.25) is 0 Å². The van der Waals surface area contributed by atoms with E-state index in [9.17, 15) is 14.9 Å². The first-order valence-electron chi connectivity index (χ1n) is 4.03. The fraction of sp³-hybridized carbons (Fsp3) is 0. The summed E-state index contributed by atoms with van der Waals surface area (Å²) in [6.45, 7) is 0. The van der Waals surface area contributed by atoms with Crippen LogP contribution in [0, 0.1) is 13.7 Å². The number of nitro groups is 1. The number of hydrogen-bond donors (Lipinski definition) is 1. The second kappa shape index (κ2) is 4.00. The molecule has 16 heavy (non-hydrogen) atoms. The molecule has 0 aromatic carbocycles. The fourth-order valence-electron chi connectivity index (χ4n) is 1.06. The number of aromatic amines is 1. The monoisotopic (exact) mass is 333 g/mol. The van der Waals surface area contributed by atoms with Crippen molar-refractivity contribution in [2.24, 2.45) is 0 Å². The van der Waals surface area contributed by atoms with Crippen LogP contribution in [0.4, 0.5) is 5.82 Å². The van der Waals surface area contributed by atoms with E-state index in [1.54, 1.807) is 22.6 Å². The van der Waals surface area contributed by atoms with E-state index < -0.39 is 4.92 Å². The van der Waals surface area contributed by atoms with E-state index in [0.717, 1.165) is 0 Å². The maximum absolute atomic E-state index is 11.3. The first kappa shape index (κ1) is 10.7. The van der Waals surface area contributed by atoms with Crippen LogP contribution in [-0.4, -0.2) is 24.7 Å². The first-order valence-corrected chi connectivity index (χ1v) is 5.11. The molecule has 0 unspecified atom stereocenters. The summed E-state index contributed by atoms with van der Waals surface area (Å²) in [6, 6.07) is 1.24. The summed E-state index contributed by atoms with van der Waals surface area (Å²) < 4.78 is 1.51. The zero-order valence-electron chi connectivity index (χ0n) is 7.62. The molecule has 0 bridgehead atoms. The summed E-state index contributed by atoms with van der Waals surface area (Å²) in [7, 11) is 0. The largest absolute Gasteiger partial charge is 0.390 e. The van der Waals surface area contributed by atoms with Crippen molar-refractivity contribution >= 4 is 28.4 Å². The van der Waals surface area contributed by atoms with Crippen molar-refractivity contribution < 1.29 is 4.92 Å². The fourth-order valence-corrected chi connectivity index (χ4v) is 1.61. The van der Waals surface area contributed by atoms with Crippen molar-refractivity contribution in [1.82, 2.24) is 19.7 Å². The molecule has 1 N–H and O–H groups in total. The van der Waals surface area contributed by atoms with Gasteiger partial charge < -0.3 is 15.1 Å². The van der Waals surface area contributed by atoms with E-state index in [2.05, 4.69) is 15.1 Å². The Morgan fingerprint density at radius 2 is 2.31 bits per heavy atom. The van der Waals surface area contributed by atoms with Gasteiger partial charge in [0.15, 0.2) is 5.82 Å². The molecule has 0 aliphatic carbocycles. The van der Waals surface area contributed by atoms with E-state index >= 15 is 0 Å². The van der Waals surface area contributed by atoms with E-state index in [1.165, 1.54) is 23.3 Å². The van der Waals surface area contributed by atoms with Gasteiger partial charge in [-0.25, -0.2) is 4.98 Å². The van der Waals surface area contributed by atoms with Crippen molar-refractivity contribution in [2.45, 2.75) is 0 Å². The van der Waals surface area contributed by atoms with Crippen molar-refractivity contribution in [2.75, 3.05) is 0 Å². The number of hydrogen-bond acceptors (Lipinski definition) is 5. The SMILES string of the molecule is O=c1[nH]cnc(-n2ccc([N+](=O)[O-])n2)c1I. The summed E-state index contributed by atoms with van der Waals surface area (Å²) in [6.07, 6.45) is 2.59. The third-order valence-electron chi connectivity index (χ3n) is 1.76. The minimum atomic E-state index is -0.615. The maximum Gasteiger partial charge on any atom is 0.390 e. The number of nitrogens with one attached hydrogen (secondary N) is 1. The zero-order chi connectivity index (χ0) is 11.7. The summed E-state index contributed by atoms with van der Waals surface area (Å²) in [5, 5.41) is 14.1. The van der Waals surface area contributed by atoms with Gasteiger partial charge in [0.25, 0.3) is 5.56 Å². The van der Waals surface area contributed by atoms with Crippen molar-refractivity contribution in [1.29, 1.82) is 0 Å². The van der Waals surface area contributed by atoms with E-state index in [4.69, 9.17) is 0 Å². The second-order valence-electron chi connectivity index (χ2n) is 2.74. The second-order valence-corrected chi connectivity index (χ2v) is 3.82. The lowest BCUT2D eigenvalue weighted by molar-refractivity contribution is -0.389. The molecule has 0 aliphatic heterocycles. The van der Waals surface area contributed by atoms with Crippen LogP contribution < -0.4 is 5.56 Å². The van der Waals surface area contributed by atoms with E-state index in [0.29, 0.717) is 3.57 Å². The van der Waals surface area contributed by atoms with Crippen molar-refractivity contribution in [3.63, 3.8) is 0 Å². The van der Waals surface area contributed by atoms with Gasteiger partial charge in [-0.3, -0.25) is 4.79 Å². The van der Waals surface area contributed by atoms with Crippen LogP contribution in [0.25, 0.3) is 5.82 Å². The molecule has 8 nitrogen and oxygen atoms in total. The Hall–Kier alpha value is -1.78. The highest BCUT2D eigenvalue weighted by atomic mass is 127. The molecule has 0 saturated heterocycles. The Bertz CT molecular complexity index is 604. The molecule has 2 rings (SSSR count). The molecule has 2 heterocycles. The molecule has 9 heteroatoms. The standard InChI is InChI=1S/C7H4IN5O3/c8-5-6(9-3-10-7(5)14)12-2-1-4(11-12)13(15)16/h1-3H,(H,9,10,14). The number of aromatic nitrogens is 4. The van der Waals surface area contributed by atoms with Gasteiger partial charge in [0.1, 0.15) is 3.57 Å². The molecule has 0 amide bonds. The molecule has 2 aromatic rings. The van der Waals surface area contributed by atoms with Gasteiger partial charge in [0.05, 0.1) is 23.7 Å². The predicted molar refractivity (Wildman–Crippen MR) is 61.4 cm³/mol. The highest BCUT2D eigenvalue weighted by Crippen LogP contribution is 2.12. The third kappa shape index (κ3) is 1.80. The molecule has 0 atom stereocenters. The Kier molecular flexibility index (Phi) is 2.68. The Morgan fingerprint density at radius 3 is 2.94 bits per heavy atom. The van der Waals surface area contributed by atoms with Crippen molar-refractivity contribution in [3.8, 4) is 5.82 Å². The Labute approximate surface area is 102 Å². The van der Waals surface area contributed by atoms with Gasteiger partial charge in [-0.2, -0.15) is 0 Å². The highest BCUT2D eigenvalue weighted by Gasteiger charge is 2.16. The maximum atomic E-state index is 11.3. The number of rotatable bonds is 2. The number of nitrogens with zero attached hydrogens (tertiary/aromatic N) is 4. The Balaban J connectivity index is 2.55. The normalized spacial score (nSPS) is 10.3. The molecular weight excluding hydrogens is 329 g/mol. The molecule has 0 fully saturated rings. The molecule has 0 aliphatic rings. The van der Waals surface area contributed by atoms with Gasteiger partial charge in [-0.1, -0.05) is 0 Å². The van der Waals surface area contributed by atoms with E-state index in [1.807, 2.05) is 0 Å². The Morgan fingerprint density at radius 1 is 1.56 bits per heavy atom. The van der Waals surface area contributed by atoms with Gasteiger partial charge in [0, 0.05) is 0 Å². The van der Waals surface area contributed by atoms with Crippen LogP contribution in [0.5, 0.6) is 0 Å². The lowest BCUT2D eigenvalue weighted by atomic mass is 10.6. The first-order chi connectivity index (χ1) is 7.59. The zero-order valence-corrected chi connectivity index (χ0v) is 9.78. The molecule has 2 aromatic heterocycles. The lowest BCUT2D eigenvalue weighted by Crippen LogP contribution is -2.15. The summed E-state index contributed by atoms with van der Waals surface area (Å²) in [4.78, 5) is 27.4. The smallest absolute Gasteiger partial charge is 0.358 e. The summed E-state index contributed by atoms with van der Waals surface area (Å²) in [5.74, 6) is -0.0321. The quantitative estimate of drug-likeness (QED) is 0.488. The highest BCUT2D eigenvalue weighted by molar-refractivity contribution is 14.1. The van der Waals surface area contributed by atoms with Gasteiger partial charge in [-0.15, -0.1) is 4.68 Å². The van der Waals surface area contributed by atoms with Crippen molar-refractivity contribution in [3.05, 3.63) is 42.6 Å². The van der Waals surface area contributed by atoms with Crippen LogP contribution in [0.1, 0.15) is 0 Å². The average Bonchev–Trinajstić information content (AvgIpc) is 2.71. The van der Waals surface area contributed by atoms with Crippen LogP contribution in [-0.2, 0) is 0 Å². The van der Waals surface area contributed by atoms with E-state index in [-0.39, 0.29) is 17.2 Å². The number of halogens is 1. The summed E-state index contributed by atoms with van der Waals surface area (Å²) >= 11 is 1.80. The van der Waals surface area contributed by atoms with Crippen LogP contribution in [0.3, 0.4) is 0 Å². The van der Waals surface area contributed by atoms with Crippen LogP contribution in [0.2, 0.25) is 0 Å². The van der Waals surface area contributed by atoms with Gasteiger partial charge in [-0.05, 0) is 27.5 Å². The molecule has 0 radical (unpaired) electrons. The molecule has 82 valence electrons. The van der Waals surface area contributed by atoms with Crippen LogP contribution >= 0.6 is 22.6 Å². The van der Waals surface area contributed by atoms with Crippen LogP contribution in [0.15, 0.2) is 23.4 Å². The minimum Gasteiger partial charge on any atom is -0.358 e. The molecular formula is C7H4IN5O3. The lowest BCUT2D eigenvalue weighted by Gasteiger charge is -1.96. The third-order valence-corrected chi connectivity index (χ3v) is 2.73. The average molecular weight is 333 g/mol. The number of H-pyrrole nitrogens is 1.